The Morgan fingerprint density at radius 2 is 1.77 bits per heavy atom. The third-order valence-corrected chi connectivity index (χ3v) is 3.58. The number of ether oxygens (including phenoxy) is 2. The SMILES string of the molecule is COc1cc(CN(CC(=O)O)C(=O)c2ccc(=O)n(C)n2)cc(OC)c1. The molecular weight excluding hydrogens is 342 g/mol. The van der Waals surface area contributed by atoms with Crippen LogP contribution >= 0.6 is 0 Å². The molecule has 9 heteroatoms. The fourth-order valence-corrected chi connectivity index (χ4v) is 2.32. The summed E-state index contributed by atoms with van der Waals surface area (Å²) in [7, 11) is 4.40. The van der Waals surface area contributed by atoms with Gasteiger partial charge in [0, 0.05) is 25.7 Å². The van der Waals surface area contributed by atoms with Gasteiger partial charge in [-0.25, -0.2) is 4.68 Å². The number of carboxylic acid groups (broad SMARTS) is 1. The van der Waals surface area contributed by atoms with Gasteiger partial charge in [0.1, 0.15) is 23.7 Å². The Balaban J connectivity index is 2.35. The first kappa shape index (κ1) is 19.0. The number of carboxylic acids is 1. The number of aliphatic carboxylic acids is 1. The minimum absolute atomic E-state index is 0.00319. The van der Waals surface area contributed by atoms with Crippen molar-refractivity contribution in [2.75, 3.05) is 20.8 Å². The quantitative estimate of drug-likeness (QED) is 0.765. The zero-order chi connectivity index (χ0) is 19.3. The lowest BCUT2D eigenvalue weighted by molar-refractivity contribution is -0.137. The number of nitrogens with zero attached hydrogens (tertiary/aromatic N) is 3. The van der Waals surface area contributed by atoms with E-state index in [0.717, 1.165) is 9.58 Å². The molecule has 0 aliphatic rings. The van der Waals surface area contributed by atoms with E-state index in [1.165, 1.54) is 33.4 Å². The van der Waals surface area contributed by atoms with Gasteiger partial charge in [0.2, 0.25) is 0 Å². The molecule has 0 saturated heterocycles. The summed E-state index contributed by atoms with van der Waals surface area (Å²) in [4.78, 5) is 36.4. The molecule has 9 nitrogen and oxygen atoms in total. The molecule has 1 aromatic heterocycles. The van der Waals surface area contributed by atoms with Crippen LogP contribution in [0.5, 0.6) is 11.5 Å². The monoisotopic (exact) mass is 361 g/mol. The number of benzene rings is 1. The van der Waals surface area contributed by atoms with E-state index in [-0.39, 0.29) is 17.8 Å². The Hall–Kier alpha value is -3.36. The van der Waals surface area contributed by atoms with Crippen LogP contribution in [0.4, 0.5) is 0 Å². The highest BCUT2D eigenvalue weighted by molar-refractivity contribution is 5.93. The van der Waals surface area contributed by atoms with Crippen molar-refractivity contribution in [3.8, 4) is 11.5 Å². The summed E-state index contributed by atoms with van der Waals surface area (Å²) in [5.41, 5.74) is 0.229. The molecule has 1 N–H and O–H groups in total. The number of carbonyl (C=O) groups is 2. The maximum absolute atomic E-state index is 12.7. The summed E-state index contributed by atoms with van der Waals surface area (Å²) in [5, 5.41) is 13.0. The van der Waals surface area contributed by atoms with E-state index in [1.54, 1.807) is 18.2 Å². The Labute approximate surface area is 149 Å². The summed E-state index contributed by atoms with van der Waals surface area (Å²) in [6.45, 7) is -0.522. The van der Waals surface area contributed by atoms with Crippen molar-refractivity contribution in [1.29, 1.82) is 0 Å². The summed E-state index contributed by atoms with van der Waals surface area (Å²) in [5.74, 6) is -0.743. The molecule has 0 aliphatic carbocycles. The predicted molar refractivity (Wildman–Crippen MR) is 91.4 cm³/mol. The lowest BCUT2D eigenvalue weighted by Crippen LogP contribution is -2.36. The Morgan fingerprint density at radius 3 is 2.27 bits per heavy atom. The maximum atomic E-state index is 12.7. The van der Waals surface area contributed by atoms with Crippen molar-refractivity contribution in [2.24, 2.45) is 7.05 Å². The van der Waals surface area contributed by atoms with Gasteiger partial charge in [0.15, 0.2) is 0 Å². The van der Waals surface area contributed by atoms with Gasteiger partial charge < -0.3 is 19.5 Å². The van der Waals surface area contributed by atoms with Gasteiger partial charge in [-0.1, -0.05) is 0 Å². The van der Waals surface area contributed by atoms with Gasteiger partial charge in [0.05, 0.1) is 14.2 Å². The highest BCUT2D eigenvalue weighted by Gasteiger charge is 2.21. The van der Waals surface area contributed by atoms with E-state index in [1.807, 2.05) is 0 Å². The molecule has 0 saturated carbocycles. The van der Waals surface area contributed by atoms with Crippen LogP contribution in [-0.4, -0.2) is 52.4 Å². The van der Waals surface area contributed by atoms with Crippen molar-refractivity contribution >= 4 is 11.9 Å². The normalized spacial score (nSPS) is 10.3. The fourth-order valence-electron chi connectivity index (χ4n) is 2.32. The van der Waals surface area contributed by atoms with Crippen LogP contribution in [-0.2, 0) is 18.4 Å². The minimum Gasteiger partial charge on any atom is -0.497 e. The molecule has 2 aromatic rings. The molecule has 0 aliphatic heterocycles. The fraction of sp³-hybridized carbons (Fsp3) is 0.294. The van der Waals surface area contributed by atoms with Crippen molar-refractivity contribution in [3.05, 3.63) is 51.9 Å². The number of hydrogen-bond acceptors (Lipinski definition) is 6. The standard InChI is InChI=1S/C17H19N3O6/c1-19-15(21)5-4-14(18-19)17(24)20(10-16(22)23)9-11-6-12(25-2)8-13(7-11)26-3/h4-8H,9-10H2,1-3H3,(H,22,23). The van der Waals surface area contributed by atoms with Crippen molar-refractivity contribution in [2.45, 2.75) is 6.54 Å². The van der Waals surface area contributed by atoms with Crippen LogP contribution in [0, 0.1) is 0 Å². The largest absolute Gasteiger partial charge is 0.497 e. The smallest absolute Gasteiger partial charge is 0.323 e. The molecular formula is C17H19N3O6. The number of rotatable bonds is 7. The van der Waals surface area contributed by atoms with Crippen molar-refractivity contribution in [3.63, 3.8) is 0 Å². The molecule has 1 amide bonds. The zero-order valence-corrected chi connectivity index (χ0v) is 14.6. The number of methoxy groups -OCH3 is 2. The number of hydrogen-bond donors (Lipinski definition) is 1. The first-order chi connectivity index (χ1) is 12.3. The van der Waals surface area contributed by atoms with Crippen molar-refractivity contribution < 1.29 is 24.2 Å². The van der Waals surface area contributed by atoms with Crippen LogP contribution in [0.3, 0.4) is 0 Å². The van der Waals surface area contributed by atoms with E-state index in [9.17, 15) is 14.4 Å². The third kappa shape index (κ3) is 4.59. The van der Waals surface area contributed by atoms with Crippen LogP contribution in [0.2, 0.25) is 0 Å². The van der Waals surface area contributed by atoms with Crippen LogP contribution in [0.15, 0.2) is 35.1 Å². The van der Waals surface area contributed by atoms with Gasteiger partial charge in [-0.3, -0.25) is 14.4 Å². The molecule has 0 atom stereocenters. The molecule has 26 heavy (non-hydrogen) atoms. The molecule has 2 rings (SSSR count). The Kier molecular flexibility index (Phi) is 5.94. The highest BCUT2D eigenvalue weighted by atomic mass is 16.5. The van der Waals surface area contributed by atoms with Gasteiger partial charge in [-0.2, -0.15) is 5.10 Å². The van der Waals surface area contributed by atoms with E-state index in [4.69, 9.17) is 14.6 Å². The average molecular weight is 361 g/mol. The number of carbonyl (C=O) groups excluding carboxylic acids is 1. The molecule has 0 bridgehead atoms. The highest BCUT2D eigenvalue weighted by Crippen LogP contribution is 2.23. The topological polar surface area (TPSA) is 111 Å². The van der Waals surface area contributed by atoms with Gasteiger partial charge in [0.25, 0.3) is 11.5 Å². The Bertz CT molecular complexity index is 855. The molecule has 1 aromatic carbocycles. The molecule has 0 fully saturated rings. The first-order valence-electron chi connectivity index (χ1n) is 7.61. The molecule has 0 unspecified atom stereocenters. The zero-order valence-electron chi connectivity index (χ0n) is 14.6. The van der Waals surface area contributed by atoms with Gasteiger partial charge >= 0.3 is 5.97 Å². The van der Waals surface area contributed by atoms with E-state index in [2.05, 4.69) is 5.10 Å². The second-order valence-corrected chi connectivity index (χ2v) is 5.46. The molecule has 0 radical (unpaired) electrons. The second-order valence-electron chi connectivity index (χ2n) is 5.46. The first-order valence-corrected chi connectivity index (χ1v) is 7.61. The number of aromatic nitrogens is 2. The van der Waals surface area contributed by atoms with E-state index >= 15 is 0 Å². The summed E-state index contributed by atoms with van der Waals surface area (Å²) >= 11 is 0. The number of aryl methyl sites for hydroxylation is 1. The van der Waals surface area contributed by atoms with Crippen LogP contribution in [0.25, 0.3) is 0 Å². The average Bonchev–Trinajstić information content (AvgIpc) is 2.62. The molecule has 1 heterocycles. The van der Waals surface area contributed by atoms with Crippen LogP contribution in [0.1, 0.15) is 16.1 Å². The summed E-state index contributed by atoms with van der Waals surface area (Å²) < 4.78 is 11.4. The third-order valence-electron chi connectivity index (χ3n) is 3.58. The van der Waals surface area contributed by atoms with Gasteiger partial charge in [-0.15, -0.1) is 0 Å². The van der Waals surface area contributed by atoms with Gasteiger partial charge in [-0.05, 0) is 23.8 Å². The molecule has 0 spiro atoms. The summed E-state index contributed by atoms with van der Waals surface area (Å²) in [6.07, 6.45) is 0. The lowest BCUT2D eigenvalue weighted by atomic mass is 10.1. The van der Waals surface area contributed by atoms with Crippen LogP contribution < -0.4 is 15.0 Å². The minimum atomic E-state index is -1.17. The van der Waals surface area contributed by atoms with E-state index < -0.39 is 18.4 Å². The molecule has 138 valence electrons. The Morgan fingerprint density at radius 1 is 1.15 bits per heavy atom. The van der Waals surface area contributed by atoms with E-state index in [0.29, 0.717) is 17.1 Å². The predicted octanol–water partition coefficient (Wildman–Crippen LogP) is 0.524. The second kappa shape index (κ2) is 8.15. The lowest BCUT2D eigenvalue weighted by Gasteiger charge is -2.21. The number of amides is 1. The maximum Gasteiger partial charge on any atom is 0.323 e. The van der Waals surface area contributed by atoms with Crippen molar-refractivity contribution in [1.82, 2.24) is 14.7 Å². The summed E-state index contributed by atoms with van der Waals surface area (Å²) in [6, 6.07) is 7.50.